The van der Waals surface area contributed by atoms with Crippen LogP contribution in [0.5, 0.6) is 0 Å². The van der Waals surface area contributed by atoms with Crippen molar-refractivity contribution in [3.05, 3.63) is 71.3 Å². The van der Waals surface area contributed by atoms with Gasteiger partial charge in [0.25, 0.3) is 11.7 Å². The Labute approximate surface area is 200 Å². The number of nitrogens with zero attached hydrogens (tertiary/aromatic N) is 7. The largest absolute Gasteiger partial charge is 0.321 e. The van der Waals surface area contributed by atoms with Crippen molar-refractivity contribution in [3.63, 3.8) is 0 Å². The quantitative estimate of drug-likeness (QED) is 0.360. The van der Waals surface area contributed by atoms with E-state index in [9.17, 15) is 4.79 Å². The molecule has 0 radical (unpaired) electrons. The van der Waals surface area contributed by atoms with E-state index in [0.717, 1.165) is 28.0 Å². The number of carbonyl (C=O) groups excluding carboxylic acids is 1. The summed E-state index contributed by atoms with van der Waals surface area (Å²) in [6.07, 6.45) is 3.43. The van der Waals surface area contributed by atoms with Crippen molar-refractivity contribution in [2.45, 2.75) is 44.6 Å². The summed E-state index contributed by atoms with van der Waals surface area (Å²) in [5.74, 6) is 0.941. The van der Waals surface area contributed by atoms with Crippen LogP contribution < -0.4 is 5.32 Å². The van der Waals surface area contributed by atoms with Gasteiger partial charge in [0.05, 0.1) is 18.1 Å². The van der Waals surface area contributed by atoms with Crippen LogP contribution in [0, 0.1) is 13.8 Å². The summed E-state index contributed by atoms with van der Waals surface area (Å²) in [5, 5.41) is 13.4. The van der Waals surface area contributed by atoms with Crippen LogP contribution in [-0.4, -0.2) is 40.3 Å². The highest BCUT2D eigenvalue weighted by molar-refractivity contribution is 7.98. The number of pyridine rings is 1. The van der Waals surface area contributed by atoms with E-state index < -0.39 is 0 Å². The molecule has 5 aromatic rings. The molecule has 0 unspecified atom stereocenters. The molecule has 10 heteroatoms. The highest BCUT2D eigenvalue weighted by Crippen LogP contribution is 2.24. The molecule has 172 valence electrons. The minimum Gasteiger partial charge on any atom is -0.321 e. The maximum absolute atomic E-state index is 13.1. The Balaban J connectivity index is 1.34. The minimum atomic E-state index is -0.190. The Kier molecular flexibility index (Phi) is 5.74. The minimum absolute atomic E-state index is 0.190. The van der Waals surface area contributed by atoms with E-state index in [4.69, 9.17) is 0 Å². The number of thioether (sulfide) groups is 1. The highest BCUT2D eigenvalue weighted by Gasteiger charge is 2.15. The summed E-state index contributed by atoms with van der Waals surface area (Å²) in [6.45, 7) is 8.02. The lowest BCUT2D eigenvalue weighted by Gasteiger charge is -2.10. The zero-order chi connectivity index (χ0) is 23.8. The Hall–Kier alpha value is -3.79. The third kappa shape index (κ3) is 4.24. The summed E-state index contributed by atoms with van der Waals surface area (Å²) < 4.78 is 3.59. The number of hydrogen-bond donors (Lipinski definition) is 1. The molecule has 4 aromatic heterocycles. The fourth-order valence-corrected chi connectivity index (χ4v) is 4.63. The van der Waals surface area contributed by atoms with E-state index in [1.165, 1.54) is 11.8 Å². The number of nitrogens with one attached hydrogen (secondary N) is 1. The average Bonchev–Trinajstić information content (AvgIpc) is 3.41. The molecular weight excluding hydrogens is 448 g/mol. The second-order valence-corrected chi connectivity index (χ2v) is 9.31. The Morgan fingerprint density at radius 3 is 2.76 bits per heavy atom. The van der Waals surface area contributed by atoms with Crippen LogP contribution in [-0.2, 0) is 5.75 Å². The van der Waals surface area contributed by atoms with E-state index in [-0.39, 0.29) is 11.9 Å². The van der Waals surface area contributed by atoms with Gasteiger partial charge in [-0.2, -0.15) is 10.1 Å². The van der Waals surface area contributed by atoms with Crippen molar-refractivity contribution in [3.8, 4) is 0 Å². The SMILES string of the molecule is Cc1cc(C)n2nc(SCc3ccccc3C(=O)Nc3cnc4c(cnn4C(C)C)c3)nc2n1. The second-order valence-electron chi connectivity index (χ2n) is 8.36. The summed E-state index contributed by atoms with van der Waals surface area (Å²) >= 11 is 1.47. The number of amides is 1. The number of rotatable bonds is 6. The molecule has 0 spiro atoms. The van der Waals surface area contributed by atoms with Gasteiger partial charge in [0, 0.05) is 34.1 Å². The maximum atomic E-state index is 13.1. The topological polar surface area (TPSA) is 103 Å². The first-order chi connectivity index (χ1) is 16.4. The molecule has 0 aliphatic carbocycles. The number of carbonyl (C=O) groups is 1. The van der Waals surface area contributed by atoms with Crippen molar-refractivity contribution in [1.29, 1.82) is 0 Å². The van der Waals surface area contributed by atoms with E-state index >= 15 is 0 Å². The molecule has 5 rings (SSSR count). The van der Waals surface area contributed by atoms with Crippen molar-refractivity contribution in [2.24, 2.45) is 0 Å². The molecule has 0 aliphatic rings. The fourth-order valence-electron chi connectivity index (χ4n) is 3.80. The predicted octanol–water partition coefficient (Wildman–Crippen LogP) is 4.61. The van der Waals surface area contributed by atoms with Crippen LogP contribution in [0.15, 0.2) is 53.9 Å². The van der Waals surface area contributed by atoms with Gasteiger partial charge >= 0.3 is 0 Å². The number of anilines is 1. The monoisotopic (exact) mass is 472 g/mol. The van der Waals surface area contributed by atoms with Gasteiger partial charge < -0.3 is 5.32 Å². The van der Waals surface area contributed by atoms with Crippen molar-refractivity contribution >= 4 is 40.2 Å². The average molecular weight is 473 g/mol. The normalized spacial score (nSPS) is 11.6. The van der Waals surface area contributed by atoms with Gasteiger partial charge in [0.15, 0.2) is 5.65 Å². The van der Waals surface area contributed by atoms with Gasteiger partial charge in [0.2, 0.25) is 5.16 Å². The van der Waals surface area contributed by atoms with Crippen LogP contribution in [0.4, 0.5) is 5.69 Å². The van der Waals surface area contributed by atoms with E-state index in [1.807, 2.05) is 54.9 Å². The van der Waals surface area contributed by atoms with Gasteiger partial charge in [-0.05, 0) is 51.5 Å². The third-order valence-corrected chi connectivity index (χ3v) is 6.28. The molecule has 1 amide bonds. The van der Waals surface area contributed by atoms with Crippen LogP contribution >= 0.6 is 11.8 Å². The number of benzene rings is 1. The summed E-state index contributed by atoms with van der Waals surface area (Å²) in [5.41, 5.74) is 4.80. The smallest absolute Gasteiger partial charge is 0.256 e. The lowest BCUT2D eigenvalue weighted by atomic mass is 10.1. The lowest BCUT2D eigenvalue weighted by Crippen LogP contribution is -2.14. The van der Waals surface area contributed by atoms with Gasteiger partial charge in [-0.15, -0.1) is 5.10 Å². The zero-order valence-electron chi connectivity index (χ0n) is 19.4. The molecule has 0 saturated heterocycles. The molecule has 0 bridgehead atoms. The van der Waals surface area contributed by atoms with Crippen molar-refractivity contribution in [1.82, 2.24) is 34.3 Å². The molecular formula is C24H24N8OS. The first kappa shape index (κ1) is 22.0. The van der Waals surface area contributed by atoms with Crippen LogP contribution in [0.2, 0.25) is 0 Å². The molecule has 1 N–H and O–H groups in total. The molecule has 0 saturated carbocycles. The third-order valence-electron chi connectivity index (χ3n) is 5.40. The van der Waals surface area contributed by atoms with Crippen molar-refractivity contribution < 1.29 is 4.79 Å². The maximum Gasteiger partial charge on any atom is 0.256 e. The molecule has 0 atom stereocenters. The first-order valence-electron chi connectivity index (χ1n) is 11.0. The molecule has 0 fully saturated rings. The van der Waals surface area contributed by atoms with Crippen LogP contribution in [0.25, 0.3) is 16.8 Å². The lowest BCUT2D eigenvalue weighted by molar-refractivity contribution is 0.102. The highest BCUT2D eigenvalue weighted by atomic mass is 32.2. The van der Waals surface area contributed by atoms with E-state index in [2.05, 4.69) is 44.3 Å². The molecule has 0 aliphatic heterocycles. The van der Waals surface area contributed by atoms with Gasteiger partial charge in [0.1, 0.15) is 0 Å². The first-order valence-corrected chi connectivity index (χ1v) is 11.9. The summed E-state index contributed by atoms with van der Waals surface area (Å²) in [6, 6.07) is 11.6. The fraction of sp³-hybridized carbons (Fsp3) is 0.250. The van der Waals surface area contributed by atoms with Gasteiger partial charge in [-0.3, -0.25) is 4.79 Å². The van der Waals surface area contributed by atoms with Crippen molar-refractivity contribution in [2.75, 3.05) is 5.32 Å². The Morgan fingerprint density at radius 2 is 1.94 bits per heavy atom. The number of aromatic nitrogens is 7. The Morgan fingerprint density at radius 1 is 1.12 bits per heavy atom. The molecule has 34 heavy (non-hydrogen) atoms. The Bertz CT molecular complexity index is 1520. The van der Waals surface area contributed by atoms with Crippen LogP contribution in [0.1, 0.15) is 47.2 Å². The predicted molar refractivity (Wildman–Crippen MR) is 132 cm³/mol. The molecule has 1 aromatic carbocycles. The zero-order valence-corrected chi connectivity index (χ0v) is 20.2. The van der Waals surface area contributed by atoms with Crippen LogP contribution in [0.3, 0.4) is 0 Å². The standard InChI is InChI=1S/C24H24N8OS/c1-14(2)31-21-18(11-26-31)10-19(12-25-21)28-22(33)20-8-6-5-7-17(20)13-34-24-29-23-27-15(3)9-16(4)32(23)30-24/h5-12,14H,13H2,1-4H3,(H,28,33). The molecule has 4 heterocycles. The van der Waals surface area contributed by atoms with Gasteiger partial charge in [-0.1, -0.05) is 30.0 Å². The van der Waals surface area contributed by atoms with Gasteiger partial charge in [-0.25, -0.2) is 19.2 Å². The summed E-state index contributed by atoms with van der Waals surface area (Å²) in [4.78, 5) is 26.6. The number of fused-ring (bicyclic) bond motifs is 2. The summed E-state index contributed by atoms with van der Waals surface area (Å²) in [7, 11) is 0. The van der Waals surface area contributed by atoms with E-state index in [1.54, 1.807) is 16.9 Å². The number of aryl methyl sites for hydroxylation is 2. The number of hydrogen-bond acceptors (Lipinski definition) is 7. The van der Waals surface area contributed by atoms with E-state index in [0.29, 0.717) is 27.9 Å². The second kappa shape index (κ2) is 8.86. The molecule has 9 nitrogen and oxygen atoms in total.